The number of carbonyl (C=O) groups excluding carboxylic acids is 3. The van der Waals surface area contributed by atoms with E-state index in [2.05, 4.69) is 5.32 Å². The number of ketones is 1. The molecule has 1 aliphatic heterocycles. The van der Waals surface area contributed by atoms with Crippen LogP contribution in [0.15, 0.2) is 18.2 Å². The smallest absolute Gasteiger partial charge is 0.508 e. The number of amides is 1. The molecule has 3 atom stereocenters. The number of halogens is 2. The summed E-state index contributed by atoms with van der Waals surface area (Å²) in [6, 6.07) is 4.58. The molecule has 10 heteroatoms. The van der Waals surface area contributed by atoms with Gasteiger partial charge in [-0.2, -0.15) is 0 Å². The third-order valence-electron chi connectivity index (χ3n) is 5.62. The Morgan fingerprint density at radius 3 is 2.62 bits per heavy atom. The van der Waals surface area contributed by atoms with Gasteiger partial charge in [0.15, 0.2) is 5.78 Å². The molecule has 176 valence electrons. The number of carbonyl (C=O) groups is 3. The van der Waals surface area contributed by atoms with Gasteiger partial charge in [0.05, 0.1) is 29.8 Å². The highest BCUT2D eigenvalue weighted by Crippen LogP contribution is 2.29. The summed E-state index contributed by atoms with van der Waals surface area (Å²) < 4.78 is 11.7. The predicted octanol–water partition coefficient (Wildman–Crippen LogP) is 3.87. The van der Waals surface area contributed by atoms with Gasteiger partial charge in [-0.15, -0.1) is 0 Å². The molecular formula is C22H31BCl2N2O5. The van der Waals surface area contributed by atoms with Gasteiger partial charge in [-0.25, -0.2) is 0 Å². The zero-order valence-electron chi connectivity index (χ0n) is 19.2. The third kappa shape index (κ3) is 7.76. The Labute approximate surface area is 200 Å². The number of likely N-dealkylation sites (N-methyl/N-ethyl adjacent to an activating group) is 1. The minimum atomic E-state index is -0.821. The summed E-state index contributed by atoms with van der Waals surface area (Å²) >= 11 is 12.0. The Kier molecular flexibility index (Phi) is 10.0. The van der Waals surface area contributed by atoms with Crippen molar-refractivity contribution < 1.29 is 23.7 Å². The van der Waals surface area contributed by atoms with Crippen LogP contribution in [0.5, 0.6) is 0 Å². The van der Waals surface area contributed by atoms with Crippen LogP contribution in [0, 0.1) is 5.92 Å². The maximum atomic E-state index is 12.7. The maximum absolute atomic E-state index is 12.7. The van der Waals surface area contributed by atoms with Crippen LogP contribution in [-0.2, 0) is 18.9 Å². The van der Waals surface area contributed by atoms with Gasteiger partial charge in [-0.05, 0) is 51.4 Å². The van der Waals surface area contributed by atoms with Crippen molar-refractivity contribution in [1.29, 1.82) is 0 Å². The van der Waals surface area contributed by atoms with Crippen LogP contribution in [0.1, 0.15) is 50.9 Å². The molecule has 1 fully saturated rings. The normalized spacial score (nSPS) is 21.0. The van der Waals surface area contributed by atoms with Gasteiger partial charge in [0.25, 0.3) is 5.91 Å². The summed E-state index contributed by atoms with van der Waals surface area (Å²) in [5.74, 6) is -1.12. The number of benzene rings is 1. The largest absolute Gasteiger partial charge is 0.531 e. The SMILES string of the molecule is CC(C)C[C@H](CC(=O)CNC(=O)c1cc(Cl)ccc1Cl)B1OC(=O)CN(C)[C@H](C)[C@@H](C)O1. The topological polar surface area (TPSA) is 84.9 Å². The highest BCUT2D eigenvalue weighted by atomic mass is 35.5. The van der Waals surface area contributed by atoms with Crippen molar-refractivity contribution >= 4 is 48.0 Å². The summed E-state index contributed by atoms with van der Waals surface area (Å²) in [6.07, 6.45) is 0.554. The van der Waals surface area contributed by atoms with Crippen LogP contribution in [0.25, 0.3) is 0 Å². The van der Waals surface area contributed by atoms with E-state index in [1.807, 2.05) is 39.6 Å². The van der Waals surface area contributed by atoms with E-state index < -0.39 is 13.0 Å². The van der Waals surface area contributed by atoms with E-state index in [0.717, 1.165) is 0 Å². The van der Waals surface area contributed by atoms with Crippen molar-refractivity contribution in [2.75, 3.05) is 20.1 Å². The molecule has 0 aromatic heterocycles. The van der Waals surface area contributed by atoms with Gasteiger partial charge in [-0.3, -0.25) is 19.3 Å². The lowest BCUT2D eigenvalue weighted by Gasteiger charge is -2.36. The molecule has 0 saturated carbocycles. The molecule has 1 aromatic carbocycles. The lowest BCUT2D eigenvalue weighted by molar-refractivity contribution is -0.140. The summed E-state index contributed by atoms with van der Waals surface area (Å²) in [5.41, 5.74) is 0.204. The zero-order valence-corrected chi connectivity index (χ0v) is 20.7. The van der Waals surface area contributed by atoms with Gasteiger partial charge >= 0.3 is 13.1 Å². The number of rotatable bonds is 8. The van der Waals surface area contributed by atoms with Crippen LogP contribution in [0.4, 0.5) is 0 Å². The van der Waals surface area contributed by atoms with Crippen LogP contribution >= 0.6 is 23.2 Å². The first-order valence-electron chi connectivity index (χ1n) is 10.8. The molecule has 0 spiro atoms. The first-order chi connectivity index (χ1) is 15.0. The molecule has 2 rings (SSSR count). The fraction of sp³-hybridized carbons (Fsp3) is 0.591. The van der Waals surface area contributed by atoms with E-state index >= 15 is 0 Å². The Bertz CT molecular complexity index is 839. The number of hydrogen-bond donors (Lipinski definition) is 1. The van der Waals surface area contributed by atoms with E-state index in [1.165, 1.54) is 12.1 Å². The standard InChI is InChI=1S/C22H31BCl2N2O5/c1-13(2)8-16(23-31-15(4)14(3)27(5)12-21(29)32-23)9-18(28)11-26-22(30)19-10-17(24)6-7-20(19)25/h6-7,10,13-16H,8-9,11-12H2,1-5H3,(H,26,30)/t14-,15-,16-/m1/s1. The van der Waals surface area contributed by atoms with E-state index in [1.54, 1.807) is 6.07 Å². The Morgan fingerprint density at radius 2 is 1.97 bits per heavy atom. The average molecular weight is 485 g/mol. The number of hydrogen-bond acceptors (Lipinski definition) is 6. The number of Topliss-reactive ketones (excluding diaryl/α,β-unsaturated/α-hetero) is 1. The van der Waals surface area contributed by atoms with Crippen molar-refractivity contribution in [3.63, 3.8) is 0 Å². The molecule has 32 heavy (non-hydrogen) atoms. The van der Waals surface area contributed by atoms with Crippen molar-refractivity contribution in [1.82, 2.24) is 10.2 Å². The first-order valence-corrected chi connectivity index (χ1v) is 11.5. The molecule has 7 nitrogen and oxygen atoms in total. The first kappa shape index (κ1) is 26.6. The van der Waals surface area contributed by atoms with E-state index in [0.29, 0.717) is 11.4 Å². The van der Waals surface area contributed by atoms with Gasteiger partial charge in [0, 0.05) is 23.3 Å². The van der Waals surface area contributed by atoms with Gasteiger partial charge in [0.2, 0.25) is 0 Å². The molecular weight excluding hydrogens is 454 g/mol. The van der Waals surface area contributed by atoms with Crippen molar-refractivity contribution in [3.05, 3.63) is 33.8 Å². The number of nitrogens with one attached hydrogen (secondary N) is 1. The average Bonchev–Trinajstić information content (AvgIpc) is 2.71. The zero-order chi connectivity index (χ0) is 24.0. The van der Waals surface area contributed by atoms with Crippen molar-refractivity contribution in [3.8, 4) is 0 Å². The summed E-state index contributed by atoms with van der Waals surface area (Å²) in [7, 11) is 1.02. The predicted molar refractivity (Wildman–Crippen MR) is 126 cm³/mol. The lowest BCUT2D eigenvalue weighted by atomic mass is 9.65. The molecule has 0 unspecified atom stereocenters. The second-order valence-electron chi connectivity index (χ2n) is 8.79. The van der Waals surface area contributed by atoms with Crippen LogP contribution < -0.4 is 5.32 Å². The summed E-state index contributed by atoms with van der Waals surface area (Å²) in [4.78, 5) is 39.3. The second-order valence-corrected chi connectivity index (χ2v) is 9.64. The monoisotopic (exact) mass is 484 g/mol. The maximum Gasteiger partial charge on any atom is 0.531 e. The lowest BCUT2D eigenvalue weighted by Crippen LogP contribution is -2.50. The van der Waals surface area contributed by atoms with Gasteiger partial charge in [-0.1, -0.05) is 37.0 Å². The van der Waals surface area contributed by atoms with Crippen LogP contribution in [0.3, 0.4) is 0 Å². The molecule has 0 radical (unpaired) electrons. The number of nitrogens with zero attached hydrogens (tertiary/aromatic N) is 1. The highest BCUT2D eigenvalue weighted by Gasteiger charge is 2.40. The van der Waals surface area contributed by atoms with E-state index in [-0.39, 0.29) is 65.7 Å². The van der Waals surface area contributed by atoms with E-state index in [4.69, 9.17) is 32.5 Å². The molecule has 1 aromatic rings. The molecule has 1 heterocycles. The highest BCUT2D eigenvalue weighted by molar-refractivity contribution is 6.49. The molecule has 1 aliphatic rings. The molecule has 1 amide bonds. The second kappa shape index (κ2) is 12.0. The third-order valence-corrected chi connectivity index (χ3v) is 6.18. The van der Waals surface area contributed by atoms with Crippen molar-refractivity contribution in [2.24, 2.45) is 5.92 Å². The Morgan fingerprint density at radius 1 is 1.28 bits per heavy atom. The quantitative estimate of drug-likeness (QED) is 0.563. The van der Waals surface area contributed by atoms with Crippen LogP contribution in [0.2, 0.25) is 15.9 Å². The minimum absolute atomic E-state index is 0.0162. The van der Waals surface area contributed by atoms with Gasteiger partial charge < -0.3 is 14.6 Å². The summed E-state index contributed by atoms with van der Waals surface area (Å²) in [5, 5.41) is 3.22. The molecule has 0 aliphatic carbocycles. The van der Waals surface area contributed by atoms with Crippen LogP contribution in [-0.4, -0.2) is 62.0 Å². The summed E-state index contributed by atoms with van der Waals surface area (Å²) in [6.45, 7) is 7.96. The molecule has 0 bridgehead atoms. The minimum Gasteiger partial charge on any atom is -0.508 e. The van der Waals surface area contributed by atoms with E-state index in [9.17, 15) is 14.4 Å². The van der Waals surface area contributed by atoms with Gasteiger partial charge in [0.1, 0.15) is 0 Å². The fourth-order valence-electron chi connectivity index (χ4n) is 3.64. The fourth-order valence-corrected chi connectivity index (χ4v) is 4.02. The molecule has 1 saturated heterocycles. The Hall–Kier alpha value is -1.61. The Balaban J connectivity index is 2.05. The van der Waals surface area contributed by atoms with Crippen molar-refractivity contribution in [2.45, 2.75) is 58.5 Å². The molecule has 1 N–H and O–H groups in total.